The standard InChI is InChI=1S/C23H22N4O7S2/c28-16(12-35-15-4-2-1-3-5-15)24-17-20(30)27-18(22(31)32)14(11-36-21(17)27)10-13-6-7-25(19(13)29)26-8-9-34-23(26)33/h1-5,10,17,21H,6-9,11-12H2,(H,24,28)(H,31,32)/b13-10+/t17-,21-/m1/s1. The van der Waals surface area contributed by atoms with Gasteiger partial charge in [0.1, 0.15) is 23.7 Å². The second-order valence-corrected chi connectivity index (χ2v) is 10.5. The van der Waals surface area contributed by atoms with Gasteiger partial charge in [-0.3, -0.25) is 19.3 Å². The van der Waals surface area contributed by atoms with E-state index in [1.54, 1.807) is 0 Å². The van der Waals surface area contributed by atoms with Gasteiger partial charge in [-0.05, 0) is 30.2 Å². The summed E-state index contributed by atoms with van der Waals surface area (Å²) in [6.45, 7) is 0.758. The summed E-state index contributed by atoms with van der Waals surface area (Å²) in [5.41, 5.74) is 0.515. The van der Waals surface area contributed by atoms with Crippen LogP contribution in [0.3, 0.4) is 0 Å². The molecule has 0 bridgehead atoms. The molecule has 13 heteroatoms. The minimum atomic E-state index is -1.28. The number of nitrogens with zero attached hydrogens (tertiary/aromatic N) is 3. The van der Waals surface area contributed by atoms with E-state index in [-0.39, 0.29) is 42.8 Å². The fourth-order valence-corrected chi connectivity index (χ4v) is 6.45. The van der Waals surface area contributed by atoms with Crippen molar-refractivity contribution in [1.82, 2.24) is 20.2 Å². The number of hydrogen-bond acceptors (Lipinski definition) is 8. The topological polar surface area (TPSA) is 137 Å². The molecule has 11 nitrogen and oxygen atoms in total. The van der Waals surface area contributed by atoms with Crippen molar-refractivity contribution in [1.29, 1.82) is 0 Å². The SMILES string of the molecule is O=C(CSc1ccccc1)N[C@@H]1C(=O)N2C(C(=O)O)=C(/C=C3\CCN(N4CCOC4=O)C3=O)CS[C@H]12. The summed E-state index contributed by atoms with van der Waals surface area (Å²) in [5.74, 6) is -2.10. The van der Waals surface area contributed by atoms with Crippen LogP contribution in [0.4, 0.5) is 4.79 Å². The quantitative estimate of drug-likeness (QED) is 0.301. The third kappa shape index (κ3) is 4.44. The van der Waals surface area contributed by atoms with Crippen molar-refractivity contribution < 1.29 is 33.8 Å². The molecule has 0 aliphatic carbocycles. The molecule has 188 valence electrons. The zero-order valence-electron chi connectivity index (χ0n) is 18.9. The van der Waals surface area contributed by atoms with Gasteiger partial charge in [0.2, 0.25) is 5.91 Å². The molecule has 4 amide bonds. The number of carboxylic acid groups (broad SMARTS) is 1. The molecule has 3 fully saturated rings. The highest BCUT2D eigenvalue weighted by Gasteiger charge is 2.54. The fraction of sp³-hybridized carbons (Fsp3) is 0.348. The number of amides is 4. The van der Waals surface area contributed by atoms with E-state index in [0.717, 1.165) is 4.90 Å². The third-order valence-corrected chi connectivity index (χ3v) is 8.43. The van der Waals surface area contributed by atoms with Crippen molar-refractivity contribution in [3.63, 3.8) is 0 Å². The largest absolute Gasteiger partial charge is 0.477 e. The predicted molar refractivity (Wildman–Crippen MR) is 129 cm³/mol. The molecular formula is C23H22N4O7S2. The van der Waals surface area contributed by atoms with E-state index in [2.05, 4.69) is 5.32 Å². The second kappa shape index (κ2) is 9.90. The van der Waals surface area contributed by atoms with Crippen molar-refractivity contribution >= 4 is 53.3 Å². The molecule has 1 aromatic carbocycles. The number of allylic oxidation sites excluding steroid dienone is 1. The number of carbonyl (C=O) groups is 5. The highest BCUT2D eigenvalue weighted by Crippen LogP contribution is 2.41. The van der Waals surface area contributed by atoms with Gasteiger partial charge in [-0.1, -0.05) is 18.2 Å². The van der Waals surface area contributed by atoms with Gasteiger partial charge < -0.3 is 15.2 Å². The van der Waals surface area contributed by atoms with Crippen LogP contribution in [-0.2, 0) is 23.9 Å². The third-order valence-electron chi connectivity index (χ3n) is 6.11. The van der Waals surface area contributed by atoms with Crippen molar-refractivity contribution in [2.75, 3.05) is 31.2 Å². The summed E-state index contributed by atoms with van der Waals surface area (Å²) in [6.07, 6.45) is 1.25. The predicted octanol–water partition coefficient (Wildman–Crippen LogP) is 1.04. The minimum Gasteiger partial charge on any atom is -0.477 e. The summed E-state index contributed by atoms with van der Waals surface area (Å²) < 4.78 is 4.89. The average molecular weight is 531 g/mol. The van der Waals surface area contributed by atoms with Crippen LogP contribution < -0.4 is 5.32 Å². The number of nitrogens with one attached hydrogen (secondary N) is 1. The number of aliphatic carboxylic acids is 1. The lowest BCUT2D eigenvalue weighted by Crippen LogP contribution is -2.70. The van der Waals surface area contributed by atoms with Crippen LogP contribution in [0.2, 0.25) is 0 Å². The molecule has 2 N–H and O–H groups in total. The Morgan fingerprint density at radius 2 is 1.94 bits per heavy atom. The molecule has 0 saturated carbocycles. The molecule has 5 rings (SSSR count). The van der Waals surface area contributed by atoms with Crippen LogP contribution in [0.25, 0.3) is 0 Å². The lowest BCUT2D eigenvalue weighted by Gasteiger charge is -2.49. The number of β-lactam (4-membered cyclic amide) rings is 1. The maximum atomic E-state index is 12.9. The Kier molecular flexibility index (Phi) is 6.67. The maximum absolute atomic E-state index is 12.9. The number of hydrazine groups is 1. The zero-order valence-corrected chi connectivity index (χ0v) is 20.5. The molecule has 3 saturated heterocycles. The first-order valence-corrected chi connectivity index (χ1v) is 13.2. The molecule has 0 aromatic heterocycles. The van der Waals surface area contributed by atoms with Crippen LogP contribution in [0.1, 0.15) is 6.42 Å². The second-order valence-electron chi connectivity index (χ2n) is 8.32. The molecule has 1 aromatic rings. The Labute approximate surface area is 214 Å². The monoisotopic (exact) mass is 530 g/mol. The molecule has 0 unspecified atom stereocenters. The molecule has 4 heterocycles. The van der Waals surface area contributed by atoms with Crippen LogP contribution in [0.15, 0.2) is 58.1 Å². The summed E-state index contributed by atoms with van der Waals surface area (Å²) in [5, 5.41) is 14.6. The van der Waals surface area contributed by atoms with Crippen LogP contribution in [0.5, 0.6) is 0 Å². The number of carbonyl (C=O) groups excluding carboxylic acids is 4. The first-order chi connectivity index (χ1) is 17.3. The minimum absolute atomic E-state index is 0.132. The molecule has 4 aliphatic heterocycles. The smallest absolute Gasteiger partial charge is 0.429 e. The van der Waals surface area contributed by atoms with E-state index < -0.39 is 35.3 Å². The number of fused-ring (bicyclic) bond motifs is 1. The number of carboxylic acids is 1. The molecule has 36 heavy (non-hydrogen) atoms. The Hall–Kier alpha value is -3.45. The van der Waals surface area contributed by atoms with E-state index in [1.807, 2.05) is 30.3 Å². The van der Waals surface area contributed by atoms with Crippen molar-refractivity contribution in [3.05, 3.63) is 53.3 Å². The van der Waals surface area contributed by atoms with Crippen molar-refractivity contribution in [2.45, 2.75) is 22.7 Å². The van der Waals surface area contributed by atoms with Gasteiger partial charge in [-0.15, -0.1) is 23.5 Å². The average Bonchev–Trinajstić information content (AvgIpc) is 3.46. The number of thioether (sulfide) groups is 2. The van der Waals surface area contributed by atoms with Crippen LogP contribution in [-0.4, -0.2) is 92.4 Å². The molecule has 2 atom stereocenters. The first-order valence-electron chi connectivity index (χ1n) is 11.2. The van der Waals surface area contributed by atoms with Crippen molar-refractivity contribution in [3.8, 4) is 0 Å². The molecule has 4 aliphatic rings. The van der Waals surface area contributed by atoms with Crippen LogP contribution in [0, 0.1) is 0 Å². The van der Waals surface area contributed by atoms with Gasteiger partial charge in [0.25, 0.3) is 11.8 Å². The Morgan fingerprint density at radius 3 is 2.64 bits per heavy atom. The summed E-state index contributed by atoms with van der Waals surface area (Å²) in [6, 6.07) is 8.58. The van der Waals surface area contributed by atoms with E-state index in [0.29, 0.717) is 17.6 Å². The number of rotatable bonds is 7. The van der Waals surface area contributed by atoms with E-state index in [4.69, 9.17) is 4.74 Å². The van der Waals surface area contributed by atoms with E-state index in [1.165, 1.54) is 44.5 Å². The Balaban J connectivity index is 1.27. The fourth-order valence-electron chi connectivity index (χ4n) is 4.41. The number of cyclic esters (lactones) is 1. The van der Waals surface area contributed by atoms with Gasteiger partial charge in [0.05, 0.1) is 12.3 Å². The maximum Gasteiger partial charge on any atom is 0.429 e. The summed E-state index contributed by atoms with van der Waals surface area (Å²) in [7, 11) is 0. The van der Waals surface area contributed by atoms with E-state index in [9.17, 15) is 29.1 Å². The lowest BCUT2D eigenvalue weighted by atomic mass is 10.0. The van der Waals surface area contributed by atoms with Gasteiger partial charge in [-0.25, -0.2) is 19.6 Å². The number of hydrogen-bond donors (Lipinski definition) is 2. The highest BCUT2D eigenvalue weighted by molar-refractivity contribution is 8.00. The molecule has 0 spiro atoms. The Morgan fingerprint density at radius 1 is 1.17 bits per heavy atom. The summed E-state index contributed by atoms with van der Waals surface area (Å²) in [4.78, 5) is 64.2. The van der Waals surface area contributed by atoms with Gasteiger partial charge in [0.15, 0.2) is 0 Å². The van der Waals surface area contributed by atoms with Gasteiger partial charge in [0, 0.05) is 22.8 Å². The highest BCUT2D eigenvalue weighted by atomic mass is 32.2. The normalized spacial score (nSPS) is 24.7. The zero-order chi connectivity index (χ0) is 25.4. The number of benzene rings is 1. The molecule has 0 radical (unpaired) electrons. The molecular weight excluding hydrogens is 508 g/mol. The Bertz CT molecular complexity index is 1200. The van der Waals surface area contributed by atoms with Gasteiger partial charge >= 0.3 is 12.1 Å². The lowest BCUT2D eigenvalue weighted by molar-refractivity contribution is -0.150. The van der Waals surface area contributed by atoms with E-state index >= 15 is 0 Å². The van der Waals surface area contributed by atoms with Crippen molar-refractivity contribution in [2.24, 2.45) is 0 Å². The summed E-state index contributed by atoms with van der Waals surface area (Å²) >= 11 is 2.68. The van der Waals surface area contributed by atoms with Gasteiger partial charge in [-0.2, -0.15) is 0 Å². The number of ether oxygens (including phenoxy) is 1. The first kappa shape index (κ1) is 24.3. The van der Waals surface area contributed by atoms with Crippen LogP contribution >= 0.6 is 23.5 Å².